The summed E-state index contributed by atoms with van der Waals surface area (Å²) < 4.78 is 15.4. The van der Waals surface area contributed by atoms with Crippen molar-refractivity contribution in [2.45, 2.75) is 30.8 Å². The molecule has 2 aromatic carbocycles. The summed E-state index contributed by atoms with van der Waals surface area (Å²) in [5.74, 6) is 1.39. The molecule has 6 heteroatoms. The minimum Gasteiger partial charge on any atom is -0.300 e. The lowest BCUT2D eigenvalue weighted by molar-refractivity contribution is 0.305. The van der Waals surface area contributed by atoms with Crippen LogP contribution in [0, 0.1) is 12.7 Å². The second-order valence-corrected chi connectivity index (χ2v) is 7.51. The smallest absolute Gasteiger partial charge is 0.196 e. The number of benzene rings is 2. The normalized spacial score (nSPS) is 12.5. The summed E-state index contributed by atoms with van der Waals surface area (Å²) in [7, 11) is 4.01. The van der Waals surface area contributed by atoms with Gasteiger partial charge in [-0.15, -0.1) is 10.2 Å². The molecular formula is C20H23FN4S. The largest absolute Gasteiger partial charge is 0.300 e. The first-order valence-electron chi connectivity index (χ1n) is 8.51. The van der Waals surface area contributed by atoms with Crippen molar-refractivity contribution in [3.63, 3.8) is 0 Å². The third-order valence-corrected chi connectivity index (χ3v) is 5.38. The molecule has 0 saturated heterocycles. The highest BCUT2D eigenvalue weighted by molar-refractivity contribution is 7.98. The Morgan fingerprint density at radius 1 is 1.04 bits per heavy atom. The van der Waals surface area contributed by atoms with Gasteiger partial charge in [0.25, 0.3) is 0 Å². The van der Waals surface area contributed by atoms with Gasteiger partial charge >= 0.3 is 0 Å². The standard InChI is InChI=1S/C20H23FN4S/c1-14-5-7-16(8-6-14)13-26-20-23-22-19(15(2)24(3)4)25(20)18-11-9-17(21)10-12-18/h5-12,15H,13H2,1-4H3. The Bertz CT molecular complexity index is 857. The van der Waals surface area contributed by atoms with Crippen molar-refractivity contribution in [1.29, 1.82) is 0 Å². The van der Waals surface area contributed by atoms with E-state index in [4.69, 9.17) is 0 Å². The maximum absolute atomic E-state index is 13.4. The van der Waals surface area contributed by atoms with E-state index >= 15 is 0 Å². The molecule has 0 radical (unpaired) electrons. The lowest BCUT2D eigenvalue weighted by Gasteiger charge is -2.20. The molecule has 1 unspecified atom stereocenters. The minimum atomic E-state index is -0.252. The van der Waals surface area contributed by atoms with E-state index in [2.05, 4.69) is 53.2 Å². The van der Waals surface area contributed by atoms with Gasteiger partial charge in [0.15, 0.2) is 11.0 Å². The highest BCUT2D eigenvalue weighted by atomic mass is 32.2. The molecule has 4 nitrogen and oxygen atoms in total. The molecule has 3 aromatic rings. The van der Waals surface area contributed by atoms with Crippen LogP contribution in [0.25, 0.3) is 5.69 Å². The predicted molar refractivity (Wildman–Crippen MR) is 104 cm³/mol. The van der Waals surface area contributed by atoms with Gasteiger partial charge in [-0.25, -0.2) is 4.39 Å². The number of thioether (sulfide) groups is 1. The lowest BCUT2D eigenvalue weighted by Crippen LogP contribution is -2.20. The molecular weight excluding hydrogens is 347 g/mol. The molecule has 26 heavy (non-hydrogen) atoms. The highest BCUT2D eigenvalue weighted by Crippen LogP contribution is 2.28. The fourth-order valence-electron chi connectivity index (χ4n) is 2.54. The molecule has 1 aromatic heterocycles. The van der Waals surface area contributed by atoms with Crippen molar-refractivity contribution in [2.24, 2.45) is 0 Å². The van der Waals surface area contributed by atoms with Crippen LogP contribution in [0.4, 0.5) is 4.39 Å². The van der Waals surface area contributed by atoms with Gasteiger partial charge in [-0.05, 0) is 57.8 Å². The Balaban J connectivity index is 1.93. The van der Waals surface area contributed by atoms with Crippen molar-refractivity contribution < 1.29 is 4.39 Å². The number of rotatable bonds is 6. The summed E-state index contributed by atoms with van der Waals surface area (Å²) in [6.45, 7) is 4.16. The first-order chi connectivity index (χ1) is 12.5. The number of halogens is 1. The summed E-state index contributed by atoms with van der Waals surface area (Å²) in [6, 6.07) is 15.0. The SMILES string of the molecule is Cc1ccc(CSc2nnc(C(C)N(C)C)n2-c2ccc(F)cc2)cc1. The van der Waals surface area contributed by atoms with Gasteiger partial charge in [-0.1, -0.05) is 41.6 Å². The van der Waals surface area contributed by atoms with Crippen molar-refractivity contribution in [2.75, 3.05) is 14.1 Å². The maximum atomic E-state index is 13.4. The number of hydrogen-bond donors (Lipinski definition) is 0. The Kier molecular flexibility index (Phi) is 5.74. The molecule has 0 aliphatic heterocycles. The molecule has 136 valence electrons. The summed E-state index contributed by atoms with van der Waals surface area (Å²) in [5, 5.41) is 9.63. The zero-order chi connectivity index (χ0) is 18.7. The third kappa shape index (κ3) is 4.14. The summed E-state index contributed by atoms with van der Waals surface area (Å²) >= 11 is 1.63. The molecule has 0 fully saturated rings. The van der Waals surface area contributed by atoms with Crippen molar-refractivity contribution >= 4 is 11.8 Å². The second-order valence-electron chi connectivity index (χ2n) is 6.57. The average Bonchev–Trinajstić information content (AvgIpc) is 3.05. The minimum absolute atomic E-state index is 0.0845. The Labute approximate surface area is 158 Å². The first kappa shape index (κ1) is 18.6. The molecule has 1 heterocycles. The van der Waals surface area contributed by atoms with Gasteiger partial charge in [-0.3, -0.25) is 9.47 Å². The monoisotopic (exact) mass is 370 g/mol. The summed E-state index contributed by atoms with van der Waals surface area (Å²) in [5.41, 5.74) is 3.35. The number of aromatic nitrogens is 3. The quantitative estimate of drug-likeness (QED) is 0.593. The van der Waals surface area contributed by atoms with Crippen LogP contribution in [0.15, 0.2) is 53.7 Å². The van der Waals surface area contributed by atoms with Crippen LogP contribution in [0.5, 0.6) is 0 Å². The zero-order valence-corrected chi connectivity index (χ0v) is 16.3. The van der Waals surface area contributed by atoms with Crippen molar-refractivity contribution in [1.82, 2.24) is 19.7 Å². The topological polar surface area (TPSA) is 34.0 Å². The third-order valence-electron chi connectivity index (χ3n) is 4.38. The lowest BCUT2D eigenvalue weighted by atomic mass is 10.2. The van der Waals surface area contributed by atoms with Crippen LogP contribution in [0.1, 0.15) is 29.9 Å². The van der Waals surface area contributed by atoms with Gasteiger partial charge in [0.2, 0.25) is 0 Å². The molecule has 0 bridgehead atoms. The molecule has 0 spiro atoms. The Morgan fingerprint density at radius 3 is 2.31 bits per heavy atom. The average molecular weight is 370 g/mol. The van der Waals surface area contributed by atoms with E-state index < -0.39 is 0 Å². The molecule has 0 saturated carbocycles. The molecule has 3 rings (SSSR count). The number of aryl methyl sites for hydroxylation is 1. The van der Waals surface area contributed by atoms with E-state index in [1.165, 1.54) is 23.3 Å². The van der Waals surface area contributed by atoms with Crippen LogP contribution in [-0.4, -0.2) is 33.8 Å². The van der Waals surface area contributed by atoms with E-state index in [-0.39, 0.29) is 11.9 Å². The molecule has 0 aliphatic rings. The maximum Gasteiger partial charge on any atom is 0.196 e. The van der Waals surface area contributed by atoms with Crippen LogP contribution in [-0.2, 0) is 5.75 Å². The summed E-state index contributed by atoms with van der Waals surface area (Å²) in [6.07, 6.45) is 0. The van der Waals surface area contributed by atoms with Crippen LogP contribution in [0.3, 0.4) is 0 Å². The van der Waals surface area contributed by atoms with Crippen molar-refractivity contribution in [3.05, 3.63) is 71.3 Å². The zero-order valence-electron chi connectivity index (χ0n) is 15.5. The molecule has 0 aliphatic carbocycles. The fourth-order valence-corrected chi connectivity index (χ4v) is 3.46. The van der Waals surface area contributed by atoms with E-state index in [0.29, 0.717) is 0 Å². The fraction of sp³-hybridized carbons (Fsp3) is 0.300. The Hall–Kier alpha value is -2.18. The van der Waals surface area contributed by atoms with E-state index in [1.54, 1.807) is 23.9 Å². The van der Waals surface area contributed by atoms with Gasteiger partial charge in [0.1, 0.15) is 5.82 Å². The van der Waals surface area contributed by atoms with Gasteiger partial charge in [0, 0.05) is 11.4 Å². The van der Waals surface area contributed by atoms with Crippen LogP contribution >= 0.6 is 11.8 Å². The number of hydrogen-bond acceptors (Lipinski definition) is 4. The predicted octanol–water partition coefficient (Wildman–Crippen LogP) is 4.63. The van der Waals surface area contributed by atoms with E-state index in [0.717, 1.165) is 22.4 Å². The van der Waals surface area contributed by atoms with Crippen LogP contribution in [0.2, 0.25) is 0 Å². The van der Waals surface area contributed by atoms with Crippen LogP contribution < -0.4 is 0 Å². The Morgan fingerprint density at radius 2 is 1.69 bits per heavy atom. The van der Waals surface area contributed by atoms with Crippen molar-refractivity contribution in [3.8, 4) is 5.69 Å². The van der Waals surface area contributed by atoms with E-state index in [1.807, 2.05) is 18.7 Å². The molecule has 0 N–H and O–H groups in total. The van der Waals surface area contributed by atoms with Gasteiger partial charge in [-0.2, -0.15) is 0 Å². The second kappa shape index (κ2) is 8.01. The van der Waals surface area contributed by atoms with Gasteiger partial charge < -0.3 is 0 Å². The van der Waals surface area contributed by atoms with E-state index in [9.17, 15) is 4.39 Å². The summed E-state index contributed by atoms with van der Waals surface area (Å²) in [4.78, 5) is 2.08. The molecule has 0 amide bonds. The van der Waals surface area contributed by atoms with Gasteiger partial charge in [0.05, 0.1) is 6.04 Å². The number of nitrogens with zero attached hydrogens (tertiary/aromatic N) is 4. The first-order valence-corrected chi connectivity index (χ1v) is 9.50. The molecule has 1 atom stereocenters. The highest BCUT2D eigenvalue weighted by Gasteiger charge is 2.21.